The Kier molecular flexibility index (Phi) is 2.86. The average molecular weight is 187 g/mol. The molecule has 0 saturated carbocycles. The molecule has 1 aromatic rings. The first-order valence-corrected chi connectivity index (χ1v) is 4.25. The van der Waals surface area contributed by atoms with Gasteiger partial charge in [0, 0.05) is 6.54 Å². The van der Waals surface area contributed by atoms with Crippen molar-refractivity contribution in [1.29, 1.82) is 0 Å². The molecule has 1 aromatic heterocycles. The van der Waals surface area contributed by atoms with Crippen LogP contribution in [0.2, 0.25) is 0 Å². The number of rotatable bonds is 3. The van der Waals surface area contributed by atoms with E-state index in [4.69, 9.17) is 17.0 Å². The molecule has 1 rings (SSSR count). The molecule has 0 bridgehead atoms. The maximum atomic E-state index is 5.02. The summed E-state index contributed by atoms with van der Waals surface area (Å²) in [6.07, 6.45) is 0. The summed E-state index contributed by atoms with van der Waals surface area (Å²) in [6, 6.07) is 0.550. The molecule has 1 heterocycles. The summed E-state index contributed by atoms with van der Waals surface area (Å²) >= 11 is 5.02. The Bertz CT molecular complexity index is 302. The van der Waals surface area contributed by atoms with E-state index in [0.717, 1.165) is 6.54 Å². The molecule has 5 heteroatoms. The number of hydrogen-bond acceptors (Lipinski definition) is 3. The molecule has 0 unspecified atom stereocenters. The van der Waals surface area contributed by atoms with E-state index in [1.54, 1.807) is 7.11 Å². The fourth-order valence-electron chi connectivity index (χ4n) is 0.985. The molecule has 12 heavy (non-hydrogen) atoms. The van der Waals surface area contributed by atoms with Gasteiger partial charge in [0.05, 0.1) is 7.11 Å². The van der Waals surface area contributed by atoms with Crippen LogP contribution in [-0.2, 0) is 6.54 Å². The molecule has 0 saturated heterocycles. The SMILES string of the molecule is COc1n[nH]c(=S)n1CC(C)C. The number of hydrogen-bond donors (Lipinski definition) is 1. The average Bonchev–Trinajstić information content (AvgIpc) is 2.32. The van der Waals surface area contributed by atoms with E-state index < -0.39 is 0 Å². The van der Waals surface area contributed by atoms with Crippen molar-refractivity contribution in [2.75, 3.05) is 7.11 Å². The first-order chi connectivity index (χ1) is 5.65. The highest BCUT2D eigenvalue weighted by Crippen LogP contribution is 2.09. The van der Waals surface area contributed by atoms with E-state index in [1.165, 1.54) is 0 Å². The van der Waals surface area contributed by atoms with Crippen LogP contribution in [0.1, 0.15) is 13.8 Å². The van der Waals surface area contributed by atoms with Gasteiger partial charge in [-0.2, -0.15) is 0 Å². The molecule has 68 valence electrons. The second-order valence-corrected chi connectivity index (χ2v) is 3.41. The third-order valence-corrected chi connectivity index (χ3v) is 1.77. The maximum Gasteiger partial charge on any atom is 0.315 e. The molecular formula is C7H13N3OS. The fourth-order valence-corrected chi connectivity index (χ4v) is 1.18. The monoisotopic (exact) mass is 187 g/mol. The molecule has 0 atom stereocenters. The van der Waals surface area contributed by atoms with Gasteiger partial charge in [-0.25, -0.2) is 5.10 Å². The van der Waals surface area contributed by atoms with Gasteiger partial charge in [-0.3, -0.25) is 4.57 Å². The Morgan fingerprint density at radius 3 is 2.83 bits per heavy atom. The van der Waals surface area contributed by atoms with Gasteiger partial charge in [-0.1, -0.05) is 13.8 Å². The third-order valence-electron chi connectivity index (χ3n) is 1.45. The molecule has 0 aliphatic heterocycles. The number of nitrogens with one attached hydrogen (secondary N) is 1. The van der Waals surface area contributed by atoms with Crippen LogP contribution in [0.15, 0.2) is 0 Å². The van der Waals surface area contributed by atoms with E-state index in [-0.39, 0.29) is 0 Å². The van der Waals surface area contributed by atoms with Crippen LogP contribution in [0.3, 0.4) is 0 Å². The summed E-state index contributed by atoms with van der Waals surface area (Å²) in [4.78, 5) is 0. The summed E-state index contributed by atoms with van der Waals surface area (Å²) in [5.41, 5.74) is 0. The minimum atomic E-state index is 0.531. The zero-order valence-corrected chi connectivity index (χ0v) is 8.31. The van der Waals surface area contributed by atoms with Crippen molar-refractivity contribution in [2.45, 2.75) is 20.4 Å². The molecule has 0 aliphatic rings. The summed E-state index contributed by atoms with van der Waals surface area (Å²) in [5.74, 6) is 0.531. The number of nitrogens with zero attached hydrogens (tertiary/aromatic N) is 2. The molecule has 0 fully saturated rings. The minimum Gasteiger partial charge on any atom is -0.467 e. The predicted octanol–water partition coefficient (Wildman–Crippen LogP) is 1.61. The van der Waals surface area contributed by atoms with Crippen molar-refractivity contribution in [2.24, 2.45) is 5.92 Å². The number of aromatic nitrogens is 3. The molecule has 1 N–H and O–H groups in total. The van der Waals surface area contributed by atoms with Gasteiger partial charge in [0.25, 0.3) is 0 Å². The lowest BCUT2D eigenvalue weighted by atomic mass is 10.2. The van der Waals surface area contributed by atoms with Crippen LogP contribution in [0.25, 0.3) is 0 Å². The topological polar surface area (TPSA) is 42.8 Å². The number of aromatic amines is 1. The van der Waals surface area contributed by atoms with Gasteiger partial charge >= 0.3 is 6.01 Å². The molecule has 0 aromatic carbocycles. The van der Waals surface area contributed by atoms with Gasteiger partial charge in [0.1, 0.15) is 0 Å². The number of ether oxygens (including phenoxy) is 1. The Balaban J connectivity index is 2.94. The molecular weight excluding hydrogens is 174 g/mol. The van der Waals surface area contributed by atoms with E-state index in [0.29, 0.717) is 16.7 Å². The summed E-state index contributed by atoms with van der Waals surface area (Å²) in [5, 5.41) is 6.60. The van der Waals surface area contributed by atoms with Gasteiger partial charge < -0.3 is 4.74 Å². The Morgan fingerprint density at radius 2 is 2.33 bits per heavy atom. The van der Waals surface area contributed by atoms with Crippen molar-refractivity contribution >= 4 is 12.2 Å². The van der Waals surface area contributed by atoms with Gasteiger partial charge in [-0.05, 0) is 18.1 Å². The first-order valence-electron chi connectivity index (χ1n) is 3.84. The normalized spacial score (nSPS) is 10.7. The highest BCUT2D eigenvalue weighted by atomic mass is 32.1. The van der Waals surface area contributed by atoms with Gasteiger partial charge in [0.15, 0.2) is 4.77 Å². The van der Waals surface area contributed by atoms with E-state index in [9.17, 15) is 0 Å². The smallest absolute Gasteiger partial charge is 0.315 e. The van der Waals surface area contributed by atoms with Gasteiger partial charge in [-0.15, -0.1) is 5.10 Å². The second kappa shape index (κ2) is 3.71. The highest BCUT2D eigenvalue weighted by molar-refractivity contribution is 7.71. The molecule has 0 radical (unpaired) electrons. The van der Waals surface area contributed by atoms with Crippen LogP contribution in [0, 0.1) is 10.7 Å². The summed E-state index contributed by atoms with van der Waals surface area (Å²) in [6.45, 7) is 5.07. The van der Waals surface area contributed by atoms with Crippen molar-refractivity contribution in [1.82, 2.24) is 14.8 Å². The van der Waals surface area contributed by atoms with Gasteiger partial charge in [0.2, 0.25) is 0 Å². The molecule has 0 amide bonds. The standard InChI is InChI=1S/C7H13N3OS/c1-5(2)4-10-6(11-3)8-9-7(10)12/h5H,4H2,1-3H3,(H,9,12). The van der Waals surface area contributed by atoms with Crippen molar-refractivity contribution < 1.29 is 4.74 Å². The Hall–Kier alpha value is -0.840. The van der Waals surface area contributed by atoms with Crippen LogP contribution >= 0.6 is 12.2 Å². The fraction of sp³-hybridized carbons (Fsp3) is 0.714. The summed E-state index contributed by atoms with van der Waals surface area (Å²) in [7, 11) is 1.59. The largest absolute Gasteiger partial charge is 0.467 e. The van der Waals surface area contributed by atoms with Crippen molar-refractivity contribution in [3.63, 3.8) is 0 Å². The summed E-state index contributed by atoms with van der Waals surface area (Å²) < 4.78 is 7.48. The first kappa shape index (κ1) is 9.25. The third kappa shape index (κ3) is 1.85. The highest BCUT2D eigenvalue weighted by Gasteiger charge is 2.06. The number of methoxy groups -OCH3 is 1. The quantitative estimate of drug-likeness (QED) is 0.731. The van der Waals surface area contributed by atoms with E-state index >= 15 is 0 Å². The van der Waals surface area contributed by atoms with Crippen LogP contribution < -0.4 is 4.74 Å². The zero-order chi connectivity index (χ0) is 9.14. The lowest BCUT2D eigenvalue weighted by Gasteiger charge is -2.06. The number of H-pyrrole nitrogens is 1. The lowest BCUT2D eigenvalue weighted by Crippen LogP contribution is -2.06. The maximum absolute atomic E-state index is 5.02. The Labute approximate surface area is 76.6 Å². The van der Waals surface area contributed by atoms with Crippen LogP contribution in [0.5, 0.6) is 6.01 Å². The van der Waals surface area contributed by atoms with E-state index in [1.807, 2.05) is 4.57 Å². The molecule has 0 spiro atoms. The van der Waals surface area contributed by atoms with Crippen molar-refractivity contribution in [3.05, 3.63) is 4.77 Å². The predicted molar refractivity (Wildman–Crippen MR) is 48.8 cm³/mol. The molecule has 0 aliphatic carbocycles. The molecule has 4 nitrogen and oxygen atoms in total. The minimum absolute atomic E-state index is 0.531. The lowest BCUT2D eigenvalue weighted by molar-refractivity contribution is 0.343. The van der Waals surface area contributed by atoms with Crippen molar-refractivity contribution in [3.8, 4) is 6.01 Å². The zero-order valence-electron chi connectivity index (χ0n) is 7.50. The Morgan fingerprint density at radius 1 is 1.67 bits per heavy atom. The van der Waals surface area contributed by atoms with E-state index in [2.05, 4.69) is 24.0 Å². The second-order valence-electron chi connectivity index (χ2n) is 3.02. The van der Waals surface area contributed by atoms with Crippen LogP contribution in [0.4, 0.5) is 0 Å². The van der Waals surface area contributed by atoms with Crippen LogP contribution in [-0.4, -0.2) is 21.9 Å².